The Morgan fingerprint density at radius 2 is 1.62 bits per heavy atom. The molecule has 24 heavy (non-hydrogen) atoms. The van der Waals surface area contributed by atoms with E-state index in [1.54, 1.807) is 0 Å². The van der Waals surface area contributed by atoms with E-state index < -0.39 is 11.9 Å². The van der Waals surface area contributed by atoms with Gasteiger partial charge in [-0.05, 0) is 47.9 Å². The van der Waals surface area contributed by atoms with Crippen LogP contribution in [-0.2, 0) is 0 Å². The summed E-state index contributed by atoms with van der Waals surface area (Å²) in [7, 11) is 0. The summed E-state index contributed by atoms with van der Waals surface area (Å²) in [5, 5.41) is 18.3. The molecule has 0 atom stereocenters. The van der Waals surface area contributed by atoms with Crippen molar-refractivity contribution in [1.82, 2.24) is 0 Å². The predicted octanol–water partition coefficient (Wildman–Crippen LogP) is 4.29. The molecule has 0 unspecified atom stereocenters. The Bertz CT molecular complexity index is 793. The van der Waals surface area contributed by atoms with E-state index in [1.165, 1.54) is 12.1 Å². The Balaban J connectivity index is 2.42. The smallest absolute Gasteiger partial charge is 0.335 e. The Morgan fingerprint density at radius 1 is 0.958 bits per heavy atom. The van der Waals surface area contributed by atoms with Gasteiger partial charge in [0.05, 0.1) is 11.1 Å². The molecule has 0 aliphatic rings. The molecule has 2 rings (SSSR count). The number of hydrogen-bond donors (Lipinski definition) is 2. The van der Waals surface area contributed by atoms with Crippen molar-refractivity contribution < 1.29 is 19.8 Å². The van der Waals surface area contributed by atoms with Crippen LogP contribution < -0.4 is 0 Å². The summed E-state index contributed by atoms with van der Waals surface area (Å²) in [4.78, 5) is 22.4. The van der Waals surface area contributed by atoms with Crippen molar-refractivity contribution in [1.29, 1.82) is 0 Å². The molecular formula is C20H18O4. The van der Waals surface area contributed by atoms with Gasteiger partial charge < -0.3 is 10.2 Å². The second kappa shape index (κ2) is 7.98. The lowest BCUT2D eigenvalue weighted by molar-refractivity contribution is 0.0696. The van der Waals surface area contributed by atoms with Crippen LogP contribution in [0.1, 0.15) is 52.5 Å². The second-order valence-corrected chi connectivity index (χ2v) is 5.40. The van der Waals surface area contributed by atoms with E-state index in [9.17, 15) is 9.59 Å². The third-order valence-electron chi connectivity index (χ3n) is 3.51. The summed E-state index contributed by atoms with van der Waals surface area (Å²) in [5.74, 6) is 3.87. The average Bonchev–Trinajstić information content (AvgIpc) is 2.58. The van der Waals surface area contributed by atoms with E-state index in [2.05, 4.69) is 18.8 Å². The molecule has 4 nitrogen and oxygen atoms in total. The molecule has 0 saturated carbocycles. The lowest BCUT2D eigenvalue weighted by Gasteiger charge is -2.06. The summed E-state index contributed by atoms with van der Waals surface area (Å²) >= 11 is 0. The van der Waals surface area contributed by atoms with Crippen LogP contribution in [0.2, 0.25) is 0 Å². The molecule has 2 N–H and O–H groups in total. The van der Waals surface area contributed by atoms with Crippen molar-refractivity contribution >= 4 is 11.9 Å². The molecule has 0 heterocycles. The highest BCUT2D eigenvalue weighted by atomic mass is 16.4. The fraction of sp³-hybridized carbons (Fsp3) is 0.200. The van der Waals surface area contributed by atoms with Crippen LogP contribution in [-0.4, -0.2) is 22.2 Å². The van der Waals surface area contributed by atoms with Gasteiger partial charge in [0.15, 0.2) is 0 Å². The minimum Gasteiger partial charge on any atom is -0.478 e. The van der Waals surface area contributed by atoms with Crippen LogP contribution in [0.15, 0.2) is 42.5 Å². The lowest BCUT2D eigenvalue weighted by atomic mass is 9.98. The zero-order valence-electron chi connectivity index (χ0n) is 13.4. The molecule has 0 aliphatic carbocycles. The maximum atomic E-state index is 11.2. The SMILES string of the molecule is CCCCC#Cc1cccc(-c2cc(C(=O)O)cc(C(=O)O)c2)c1. The molecule has 4 heteroatoms. The Labute approximate surface area is 140 Å². The Morgan fingerprint density at radius 3 is 2.21 bits per heavy atom. The van der Waals surface area contributed by atoms with Crippen molar-refractivity contribution in [2.45, 2.75) is 26.2 Å². The third-order valence-corrected chi connectivity index (χ3v) is 3.51. The van der Waals surface area contributed by atoms with Crippen molar-refractivity contribution in [2.75, 3.05) is 0 Å². The zero-order valence-corrected chi connectivity index (χ0v) is 13.4. The summed E-state index contributed by atoms with van der Waals surface area (Å²) < 4.78 is 0. The van der Waals surface area contributed by atoms with E-state index in [1.807, 2.05) is 24.3 Å². The molecule has 0 fully saturated rings. The van der Waals surface area contributed by atoms with Gasteiger partial charge in [-0.15, -0.1) is 0 Å². The Kier molecular flexibility index (Phi) is 5.75. The molecule has 0 bridgehead atoms. The predicted molar refractivity (Wildman–Crippen MR) is 92.2 cm³/mol. The molecule has 0 aromatic heterocycles. The van der Waals surface area contributed by atoms with Gasteiger partial charge >= 0.3 is 11.9 Å². The van der Waals surface area contributed by atoms with Gasteiger partial charge in [0.2, 0.25) is 0 Å². The fourth-order valence-corrected chi connectivity index (χ4v) is 2.25. The highest BCUT2D eigenvalue weighted by Gasteiger charge is 2.12. The molecular weight excluding hydrogens is 304 g/mol. The number of carboxylic acids is 2. The monoisotopic (exact) mass is 322 g/mol. The van der Waals surface area contributed by atoms with Gasteiger partial charge in [-0.3, -0.25) is 0 Å². The highest BCUT2D eigenvalue weighted by Crippen LogP contribution is 2.24. The fourth-order valence-electron chi connectivity index (χ4n) is 2.25. The summed E-state index contributed by atoms with van der Waals surface area (Å²) in [5.41, 5.74) is 2.00. The molecule has 2 aromatic rings. The van der Waals surface area contributed by atoms with Crippen LogP contribution in [0.3, 0.4) is 0 Å². The number of hydrogen-bond acceptors (Lipinski definition) is 2. The Hall–Kier alpha value is -3.06. The van der Waals surface area contributed by atoms with Crippen LogP contribution in [0.4, 0.5) is 0 Å². The number of rotatable bonds is 5. The first kappa shape index (κ1) is 17.3. The number of benzene rings is 2. The number of carbonyl (C=O) groups is 2. The molecule has 0 saturated heterocycles. The maximum Gasteiger partial charge on any atom is 0.335 e. The largest absolute Gasteiger partial charge is 0.478 e. The van der Waals surface area contributed by atoms with Gasteiger partial charge in [-0.1, -0.05) is 37.3 Å². The van der Waals surface area contributed by atoms with Gasteiger partial charge in [0, 0.05) is 12.0 Å². The quantitative estimate of drug-likeness (QED) is 0.636. The van der Waals surface area contributed by atoms with Crippen LogP contribution in [0.5, 0.6) is 0 Å². The van der Waals surface area contributed by atoms with Crippen molar-refractivity contribution in [3.8, 4) is 23.0 Å². The number of carboxylic acid groups (broad SMARTS) is 2. The highest BCUT2D eigenvalue weighted by molar-refractivity contribution is 5.96. The standard InChI is InChI=1S/C20H18O4/c1-2-3-4-5-7-14-8-6-9-15(10-14)16-11-17(19(21)22)13-18(12-16)20(23)24/h6,8-13H,2-4H2,1H3,(H,21,22)(H,23,24). The van der Waals surface area contributed by atoms with Crippen LogP contribution in [0.25, 0.3) is 11.1 Å². The van der Waals surface area contributed by atoms with Crippen molar-refractivity contribution in [3.05, 3.63) is 59.2 Å². The molecule has 2 aromatic carbocycles. The summed E-state index contributed by atoms with van der Waals surface area (Å²) in [6.07, 6.45) is 2.97. The molecule has 0 amide bonds. The first-order chi connectivity index (χ1) is 11.5. The molecule has 0 radical (unpaired) electrons. The summed E-state index contributed by atoms with van der Waals surface area (Å²) in [6.45, 7) is 2.11. The topological polar surface area (TPSA) is 74.6 Å². The molecule has 122 valence electrons. The van der Waals surface area contributed by atoms with Crippen LogP contribution >= 0.6 is 0 Å². The van der Waals surface area contributed by atoms with Crippen LogP contribution in [0, 0.1) is 11.8 Å². The zero-order chi connectivity index (χ0) is 17.5. The third kappa shape index (κ3) is 4.47. The van der Waals surface area contributed by atoms with Crippen molar-refractivity contribution in [2.24, 2.45) is 0 Å². The normalized spacial score (nSPS) is 9.88. The number of unbranched alkanes of at least 4 members (excludes halogenated alkanes) is 2. The lowest BCUT2D eigenvalue weighted by Crippen LogP contribution is -2.03. The van der Waals surface area contributed by atoms with E-state index in [0.29, 0.717) is 5.56 Å². The van der Waals surface area contributed by atoms with E-state index in [0.717, 1.165) is 36.5 Å². The average molecular weight is 322 g/mol. The maximum absolute atomic E-state index is 11.2. The van der Waals surface area contributed by atoms with E-state index in [4.69, 9.17) is 10.2 Å². The first-order valence-electron chi connectivity index (χ1n) is 7.72. The minimum absolute atomic E-state index is 0.0515. The minimum atomic E-state index is -1.16. The molecule has 0 aliphatic heterocycles. The van der Waals surface area contributed by atoms with Gasteiger partial charge in [0.25, 0.3) is 0 Å². The van der Waals surface area contributed by atoms with Gasteiger partial charge in [-0.2, -0.15) is 0 Å². The van der Waals surface area contributed by atoms with Gasteiger partial charge in [-0.25, -0.2) is 9.59 Å². The van der Waals surface area contributed by atoms with Crippen molar-refractivity contribution in [3.63, 3.8) is 0 Å². The molecule has 0 spiro atoms. The summed E-state index contributed by atoms with van der Waals surface area (Å²) in [6, 6.07) is 11.4. The first-order valence-corrected chi connectivity index (χ1v) is 7.72. The van der Waals surface area contributed by atoms with E-state index >= 15 is 0 Å². The number of aromatic carboxylic acids is 2. The van der Waals surface area contributed by atoms with Gasteiger partial charge in [0.1, 0.15) is 0 Å². The van der Waals surface area contributed by atoms with E-state index in [-0.39, 0.29) is 11.1 Å². The second-order valence-electron chi connectivity index (χ2n) is 5.40.